The Labute approximate surface area is 73.3 Å². The molecule has 68 valence electrons. The molecule has 0 saturated carbocycles. The molecule has 0 aromatic heterocycles. The normalized spacial score (nSPS) is 25.2. The van der Waals surface area contributed by atoms with Crippen molar-refractivity contribution in [1.82, 2.24) is 0 Å². The van der Waals surface area contributed by atoms with Gasteiger partial charge in [0.25, 0.3) is 0 Å². The molecule has 0 aromatic carbocycles. The second-order valence-electron chi connectivity index (χ2n) is 3.76. The van der Waals surface area contributed by atoms with E-state index in [0.29, 0.717) is 0 Å². The molecule has 0 fully saturated rings. The first kappa shape index (κ1) is 9.10. The molecule has 0 spiro atoms. The van der Waals surface area contributed by atoms with E-state index >= 15 is 0 Å². The number of allylic oxidation sites excluding steroid dienone is 2. The molecule has 1 rings (SSSR count). The monoisotopic (exact) mass is 168 g/mol. The first-order valence-electron chi connectivity index (χ1n) is 4.11. The lowest BCUT2D eigenvalue weighted by atomic mass is 9.79. The second-order valence-corrected chi connectivity index (χ2v) is 3.76. The summed E-state index contributed by atoms with van der Waals surface area (Å²) in [7, 11) is 1.57. The van der Waals surface area contributed by atoms with E-state index in [2.05, 4.69) is 19.0 Å². The fourth-order valence-electron chi connectivity index (χ4n) is 1.39. The molecule has 12 heavy (non-hydrogen) atoms. The van der Waals surface area contributed by atoms with Gasteiger partial charge in [0.15, 0.2) is 0 Å². The summed E-state index contributed by atoms with van der Waals surface area (Å²) in [5, 5.41) is 3.93. The minimum atomic E-state index is 0.0373. The van der Waals surface area contributed by atoms with E-state index in [-0.39, 0.29) is 5.41 Å². The van der Waals surface area contributed by atoms with Crippen molar-refractivity contribution in [3.8, 4) is 0 Å². The van der Waals surface area contributed by atoms with Gasteiger partial charge in [-0.2, -0.15) is 0 Å². The maximum Gasteiger partial charge on any atom is 0.106 e. The Bertz CT molecular complexity index is 229. The maximum absolute atomic E-state index is 5.84. The van der Waals surface area contributed by atoms with Gasteiger partial charge in [-0.15, -0.1) is 0 Å². The summed E-state index contributed by atoms with van der Waals surface area (Å²) in [5.41, 5.74) is 7.90. The molecule has 0 unspecified atom stereocenters. The van der Waals surface area contributed by atoms with Crippen LogP contribution in [0.5, 0.6) is 0 Å². The smallest absolute Gasteiger partial charge is 0.106 e. The Hall–Kier alpha value is -0.990. The maximum atomic E-state index is 5.84. The van der Waals surface area contributed by atoms with Crippen molar-refractivity contribution in [1.29, 1.82) is 0 Å². The molecule has 0 bridgehead atoms. The highest BCUT2D eigenvalue weighted by Crippen LogP contribution is 2.32. The standard InChI is InChI=1S/C9H16N2O/c1-9(2)6-7(11-12-3)4-5-8(9)10/h5H,4,6,10H2,1-3H3. The lowest BCUT2D eigenvalue weighted by Crippen LogP contribution is -2.28. The van der Waals surface area contributed by atoms with Crippen molar-refractivity contribution in [2.75, 3.05) is 7.11 Å². The fourth-order valence-corrected chi connectivity index (χ4v) is 1.39. The van der Waals surface area contributed by atoms with E-state index in [1.54, 1.807) is 7.11 Å². The van der Waals surface area contributed by atoms with Gasteiger partial charge in [0.05, 0.1) is 5.71 Å². The van der Waals surface area contributed by atoms with E-state index in [1.807, 2.05) is 6.08 Å². The van der Waals surface area contributed by atoms with Crippen LogP contribution < -0.4 is 5.73 Å². The number of hydrogen-bond donors (Lipinski definition) is 1. The Morgan fingerprint density at radius 1 is 1.58 bits per heavy atom. The Morgan fingerprint density at radius 3 is 2.75 bits per heavy atom. The third-order valence-electron chi connectivity index (χ3n) is 2.21. The minimum Gasteiger partial charge on any atom is -0.402 e. The van der Waals surface area contributed by atoms with Crippen molar-refractivity contribution in [3.05, 3.63) is 11.8 Å². The molecule has 3 nitrogen and oxygen atoms in total. The number of rotatable bonds is 1. The topological polar surface area (TPSA) is 47.6 Å². The van der Waals surface area contributed by atoms with Gasteiger partial charge in [-0.3, -0.25) is 0 Å². The average molecular weight is 168 g/mol. The summed E-state index contributed by atoms with van der Waals surface area (Å²) in [6, 6.07) is 0. The van der Waals surface area contributed by atoms with Gasteiger partial charge < -0.3 is 10.6 Å². The van der Waals surface area contributed by atoms with Crippen LogP contribution in [0.3, 0.4) is 0 Å². The van der Waals surface area contributed by atoms with Crippen molar-refractivity contribution < 1.29 is 4.84 Å². The molecule has 0 saturated heterocycles. The Balaban J connectivity index is 2.79. The molecular weight excluding hydrogens is 152 g/mol. The molecule has 1 aliphatic carbocycles. The molecule has 0 amide bonds. The van der Waals surface area contributed by atoms with Crippen LogP contribution in [0.25, 0.3) is 0 Å². The minimum absolute atomic E-state index is 0.0373. The summed E-state index contributed by atoms with van der Waals surface area (Å²) < 4.78 is 0. The zero-order valence-corrected chi connectivity index (χ0v) is 7.92. The molecule has 0 aliphatic heterocycles. The van der Waals surface area contributed by atoms with Crippen LogP contribution in [-0.2, 0) is 4.84 Å². The number of hydrogen-bond acceptors (Lipinski definition) is 3. The Kier molecular flexibility index (Phi) is 2.40. The molecule has 3 heteroatoms. The molecular formula is C9H16N2O. The predicted octanol–water partition coefficient (Wildman–Crippen LogP) is 1.65. The van der Waals surface area contributed by atoms with Crippen LogP contribution in [0.4, 0.5) is 0 Å². The number of oxime groups is 1. The van der Waals surface area contributed by atoms with E-state index in [4.69, 9.17) is 10.6 Å². The third kappa shape index (κ3) is 1.78. The summed E-state index contributed by atoms with van der Waals surface area (Å²) in [6.07, 6.45) is 3.73. The van der Waals surface area contributed by atoms with Gasteiger partial charge in [0, 0.05) is 17.5 Å². The van der Waals surface area contributed by atoms with Crippen molar-refractivity contribution in [2.45, 2.75) is 26.7 Å². The van der Waals surface area contributed by atoms with Crippen LogP contribution in [-0.4, -0.2) is 12.8 Å². The molecule has 2 N–H and O–H groups in total. The molecule has 1 aliphatic rings. The molecule has 0 radical (unpaired) electrons. The molecule has 0 aromatic rings. The largest absolute Gasteiger partial charge is 0.402 e. The van der Waals surface area contributed by atoms with Crippen LogP contribution in [0.2, 0.25) is 0 Å². The SMILES string of the molecule is CON=C1CC=C(N)C(C)(C)C1. The first-order chi connectivity index (χ1) is 5.56. The first-order valence-corrected chi connectivity index (χ1v) is 4.11. The zero-order chi connectivity index (χ0) is 9.19. The van der Waals surface area contributed by atoms with Crippen molar-refractivity contribution >= 4 is 5.71 Å². The summed E-state index contributed by atoms with van der Waals surface area (Å²) in [5.74, 6) is 0. The predicted molar refractivity (Wildman–Crippen MR) is 49.7 cm³/mol. The lowest BCUT2D eigenvalue weighted by Gasteiger charge is -2.29. The summed E-state index contributed by atoms with van der Waals surface area (Å²) in [4.78, 5) is 4.73. The zero-order valence-electron chi connectivity index (χ0n) is 7.92. The van der Waals surface area contributed by atoms with Crippen LogP contribution in [0.1, 0.15) is 26.7 Å². The van der Waals surface area contributed by atoms with Crippen LogP contribution >= 0.6 is 0 Å². The third-order valence-corrected chi connectivity index (χ3v) is 2.21. The highest BCUT2D eigenvalue weighted by molar-refractivity contribution is 5.87. The van der Waals surface area contributed by atoms with Gasteiger partial charge >= 0.3 is 0 Å². The summed E-state index contributed by atoms with van der Waals surface area (Å²) >= 11 is 0. The van der Waals surface area contributed by atoms with Gasteiger partial charge in [-0.05, 0) is 6.42 Å². The fraction of sp³-hybridized carbons (Fsp3) is 0.667. The van der Waals surface area contributed by atoms with E-state index in [9.17, 15) is 0 Å². The molecule has 0 atom stereocenters. The van der Waals surface area contributed by atoms with E-state index < -0.39 is 0 Å². The number of nitrogens with two attached hydrogens (primary N) is 1. The van der Waals surface area contributed by atoms with Crippen LogP contribution in [0.15, 0.2) is 16.9 Å². The van der Waals surface area contributed by atoms with Gasteiger partial charge in [0.1, 0.15) is 7.11 Å². The highest BCUT2D eigenvalue weighted by atomic mass is 16.6. The lowest BCUT2D eigenvalue weighted by molar-refractivity contribution is 0.210. The Morgan fingerprint density at radius 2 is 2.25 bits per heavy atom. The quantitative estimate of drug-likeness (QED) is 0.605. The van der Waals surface area contributed by atoms with E-state index in [0.717, 1.165) is 24.3 Å². The highest BCUT2D eigenvalue weighted by Gasteiger charge is 2.27. The van der Waals surface area contributed by atoms with Crippen LogP contribution in [0, 0.1) is 5.41 Å². The van der Waals surface area contributed by atoms with Gasteiger partial charge in [-0.1, -0.05) is 25.1 Å². The van der Waals surface area contributed by atoms with E-state index in [1.165, 1.54) is 0 Å². The summed E-state index contributed by atoms with van der Waals surface area (Å²) in [6.45, 7) is 4.23. The van der Waals surface area contributed by atoms with Gasteiger partial charge in [0.2, 0.25) is 0 Å². The van der Waals surface area contributed by atoms with Crippen molar-refractivity contribution in [2.24, 2.45) is 16.3 Å². The van der Waals surface area contributed by atoms with Crippen molar-refractivity contribution in [3.63, 3.8) is 0 Å². The molecule has 0 heterocycles. The number of nitrogens with zero attached hydrogens (tertiary/aromatic N) is 1. The second kappa shape index (κ2) is 3.17. The van der Waals surface area contributed by atoms with Gasteiger partial charge in [-0.25, -0.2) is 0 Å². The average Bonchev–Trinajstić information content (AvgIpc) is 1.97.